The van der Waals surface area contributed by atoms with Gasteiger partial charge in [-0.2, -0.15) is 9.50 Å². The van der Waals surface area contributed by atoms with Gasteiger partial charge in [0.25, 0.3) is 23.4 Å². The number of benzene rings is 8. The van der Waals surface area contributed by atoms with Gasteiger partial charge in [0.15, 0.2) is 29.4 Å². The minimum atomic E-state index is -1.27. The molecule has 0 bridgehead atoms. The van der Waals surface area contributed by atoms with E-state index in [0.717, 1.165) is 39.2 Å². The molecule has 0 saturated carbocycles. The maximum atomic E-state index is 15.4. The Morgan fingerprint density at radius 1 is 0.653 bits per heavy atom. The van der Waals surface area contributed by atoms with Gasteiger partial charge in [-0.05, 0) is 75.7 Å². The fourth-order valence-corrected chi connectivity index (χ4v) is 15.4. The third-order valence-corrected chi connectivity index (χ3v) is 19.7. The predicted molar refractivity (Wildman–Crippen MR) is 359 cm³/mol. The molecule has 0 unspecified atom stereocenters. The van der Waals surface area contributed by atoms with Crippen molar-refractivity contribution < 1.29 is 47.8 Å². The number of amides is 2. The fourth-order valence-electron chi connectivity index (χ4n) is 11.7. The van der Waals surface area contributed by atoms with E-state index in [4.69, 9.17) is 34.5 Å². The Kier molecular flexibility index (Phi) is 17.3. The molecule has 6 heterocycles. The number of aromatic nitrogens is 5. The van der Waals surface area contributed by atoms with Crippen LogP contribution in [0.3, 0.4) is 0 Å². The van der Waals surface area contributed by atoms with Crippen molar-refractivity contribution in [3.05, 3.63) is 315 Å². The van der Waals surface area contributed by atoms with E-state index in [1.54, 1.807) is 19.1 Å². The van der Waals surface area contributed by atoms with Gasteiger partial charge < -0.3 is 34.8 Å². The van der Waals surface area contributed by atoms with Gasteiger partial charge in [0, 0.05) is 17.2 Å². The van der Waals surface area contributed by atoms with Crippen LogP contribution in [0.5, 0.6) is 11.5 Å². The summed E-state index contributed by atoms with van der Waals surface area (Å²) in [5.74, 6) is -3.17. The minimum absolute atomic E-state index is 0.0228. The largest absolute Gasteiger partial charge is 0.454 e. The van der Waals surface area contributed by atoms with Crippen molar-refractivity contribution in [3.8, 4) is 11.5 Å². The summed E-state index contributed by atoms with van der Waals surface area (Å²) in [6.07, 6.45) is -1.66. The molecule has 2 amide bonds. The van der Waals surface area contributed by atoms with Gasteiger partial charge in [-0.15, -0.1) is 28.6 Å². The van der Waals surface area contributed by atoms with Crippen molar-refractivity contribution in [2.75, 3.05) is 24.0 Å². The lowest BCUT2D eigenvalue weighted by Crippen LogP contribution is -2.71. The fraction of sp³-hybridized carbons (Fsp3) is 0.123. The number of nitrogens with one attached hydrogen (secondary N) is 1. The average molecular weight is 1310 g/mol. The molecule has 3 aliphatic heterocycles. The Bertz CT molecular complexity index is 4590. The van der Waals surface area contributed by atoms with Gasteiger partial charge in [-0.3, -0.25) is 14.5 Å². The van der Waals surface area contributed by atoms with Gasteiger partial charge in [-0.25, -0.2) is 24.4 Å². The number of nitrogen functional groups attached to an aromatic ring is 1. The highest BCUT2D eigenvalue weighted by Crippen LogP contribution is 2.49. The molecule has 3 aliphatic rings. The molecule has 22 heteroatoms. The van der Waals surface area contributed by atoms with Crippen molar-refractivity contribution in [2.24, 2.45) is 5.16 Å². The van der Waals surface area contributed by atoms with Crippen LogP contribution in [-0.2, 0) is 34.1 Å². The lowest BCUT2D eigenvalue weighted by atomic mass is 9.70. The van der Waals surface area contributed by atoms with Gasteiger partial charge in [0.1, 0.15) is 37.8 Å². The number of β-lactam (4-membered cyclic amide) rings is 1. The standard InChI is InChI=1S/C73H55N9O10S3/c1-44-39-56(82-72(75-44)78-64(79-82)70(87)91-62(47-27-13-4-14-28-47)48-29-15-5-16-30-48)93-41-50-42-94-67-59(66(84)81(67)60(50)69(86)90-61(45-23-9-2-10-24-45)46-25-11-3-12-26-46)76-65(83)58(80-92-68(85)49-37-38-54-55(40-49)89-43-88-54)57-63(74)95-71(77-57)73(51-31-17-6-18-32-51,52-33-19-7-20-34-52)53-35-21-8-22-36-53/h2-40,59,61-62,67H,41-43,74H2,1H3,(H,76,83)/b80-58-/t59-,67-/m1/s1. The Balaban J connectivity index is 0.803. The molecule has 470 valence electrons. The van der Waals surface area contributed by atoms with Crippen molar-refractivity contribution in [1.82, 2.24) is 34.8 Å². The maximum absolute atomic E-state index is 15.4. The Hall–Kier alpha value is -11.2. The number of hydrogen-bond donors (Lipinski definition) is 2. The lowest BCUT2D eigenvalue weighted by Gasteiger charge is -2.49. The van der Waals surface area contributed by atoms with Crippen LogP contribution >= 0.6 is 34.9 Å². The number of esters is 2. The number of rotatable bonds is 20. The van der Waals surface area contributed by atoms with Gasteiger partial charge in [0.2, 0.25) is 6.79 Å². The minimum Gasteiger partial charge on any atom is -0.454 e. The van der Waals surface area contributed by atoms with Crippen LogP contribution in [-0.4, -0.2) is 94.6 Å². The zero-order valence-corrected chi connectivity index (χ0v) is 52.9. The van der Waals surface area contributed by atoms with E-state index >= 15 is 14.4 Å². The summed E-state index contributed by atoms with van der Waals surface area (Å²) in [4.78, 5) is 95.2. The number of nitrogens with two attached hydrogens (primary N) is 1. The number of aryl methyl sites for hydroxylation is 1. The number of oxime groups is 1. The summed E-state index contributed by atoms with van der Waals surface area (Å²) >= 11 is 3.73. The first-order valence-corrected chi connectivity index (χ1v) is 32.9. The number of carbonyl (C=O) groups excluding carboxylic acids is 5. The van der Waals surface area contributed by atoms with Crippen molar-refractivity contribution >= 4 is 81.1 Å². The highest BCUT2D eigenvalue weighted by molar-refractivity contribution is 8.01. The molecular weight excluding hydrogens is 1260 g/mol. The number of fused-ring (bicyclic) bond motifs is 3. The summed E-state index contributed by atoms with van der Waals surface area (Å²) in [6, 6.07) is 71.6. The van der Waals surface area contributed by atoms with E-state index in [1.165, 1.54) is 45.1 Å². The molecule has 0 aliphatic carbocycles. The number of anilines is 1. The highest BCUT2D eigenvalue weighted by Gasteiger charge is 2.55. The number of ether oxygens (including phenoxy) is 4. The van der Waals surface area contributed by atoms with E-state index in [-0.39, 0.29) is 51.9 Å². The third kappa shape index (κ3) is 12.2. The van der Waals surface area contributed by atoms with E-state index in [0.29, 0.717) is 43.9 Å². The van der Waals surface area contributed by atoms with Crippen molar-refractivity contribution in [2.45, 2.75) is 41.0 Å². The normalized spacial score (nSPS) is 15.1. The molecule has 0 radical (unpaired) electrons. The first kappa shape index (κ1) is 61.3. The van der Waals surface area contributed by atoms with Crippen LogP contribution in [0.15, 0.2) is 258 Å². The Morgan fingerprint density at radius 2 is 1.17 bits per heavy atom. The summed E-state index contributed by atoms with van der Waals surface area (Å²) in [6.45, 7) is 1.75. The molecule has 19 nitrogen and oxygen atoms in total. The maximum Gasteiger partial charge on any atom is 0.379 e. The molecule has 95 heavy (non-hydrogen) atoms. The molecule has 1 saturated heterocycles. The first-order valence-electron chi connectivity index (χ1n) is 30.1. The van der Waals surface area contributed by atoms with Crippen molar-refractivity contribution in [3.63, 3.8) is 0 Å². The predicted octanol–water partition coefficient (Wildman–Crippen LogP) is 11.9. The van der Waals surface area contributed by atoms with Gasteiger partial charge in [-0.1, -0.05) is 229 Å². The van der Waals surface area contributed by atoms with Crippen LogP contribution in [0.25, 0.3) is 5.78 Å². The molecule has 14 rings (SSSR count). The van der Waals surface area contributed by atoms with Gasteiger partial charge in [0.05, 0.1) is 11.0 Å². The van der Waals surface area contributed by atoms with Crippen LogP contribution in [0.2, 0.25) is 0 Å². The Labute approximate surface area is 556 Å². The number of hydrogen-bond acceptors (Lipinski definition) is 19. The van der Waals surface area contributed by atoms with E-state index in [9.17, 15) is 9.59 Å². The van der Waals surface area contributed by atoms with Crippen LogP contribution < -0.4 is 20.5 Å². The molecule has 0 spiro atoms. The Morgan fingerprint density at radius 3 is 1.72 bits per heavy atom. The average Bonchev–Trinajstić information content (AvgIpc) is 1.61. The molecule has 11 aromatic rings. The molecule has 2 atom stereocenters. The lowest BCUT2D eigenvalue weighted by molar-refractivity contribution is -0.154. The van der Waals surface area contributed by atoms with Crippen molar-refractivity contribution in [1.29, 1.82) is 0 Å². The zero-order chi connectivity index (χ0) is 65.0. The number of thioether (sulfide) groups is 2. The van der Waals surface area contributed by atoms with E-state index in [1.807, 2.05) is 212 Å². The SMILES string of the molecule is Cc1cc(SCC2=C(C(=O)OC(c3ccccc3)c3ccccc3)N3C(=O)[C@@H](NC(=O)/C(=N\OC(=O)c4ccc5c(c4)OCO5)c4nc(C(c5ccccc5)(c5ccccc5)c5ccccc5)sc4N)[C@H]3SC2)n2nc(C(=O)OC(c3ccccc3)c3ccccc3)nc2n1. The monoisotopic (exact) mass is 1310 g/mol. The molecule has 1 fully saturated rings. The third-order valence-electron chi connectivity index (χ3n) is 16.2. The molecule has 3 aromatic heterocycles. The topological polar surface area (TPSA) is 241 Å². The van der Waals surface area contributed by atoms with Gasteiger partial charge >= 0.3 is 17.9 Å². The van der Waals surface area contributed by atoms with E-state index in [2.05, 4.69) is 25.5 Å². The summed E-state index contributed by atoms with van der Waals surface area (Å²) in [5.41, 5.74) is 11.8. The first-order chi connectivity index (χ1) is 46.5. The molecule has 3 N–H and O–H groups in total. The molecular formula is C73H55N9O10S3. The highest BCUT2D eigenvalue weighted by atomic mass is 32.2. The smallest absolute Gasteiger partial charge is 0.379 e. The van der Waals surface area contributed by atoms with Crippen LogP contribution in [0.4, 0.5) is 5.00 Å². The second kappa shape index (κ2) is 26.8. The zero-order valence-electron chi connectivity index (χ0n) is 50.5. The number of nitrogens with zero attached hydrogens (tertiary/aromatic N) is 7. The number of thiazole rings is 1. The quantitative estimate of drug-likeness (QED) is 0.0105. The number of carbonyl (C=O) groups is 5. The summed E-state index contributed by atoms with van der Waals surface area (Å²) in [7, 11) is 0. The molecule has 8 aromatic carbocycles. The summed E-state index contributed by atoms with van der Waals surface area (Å²) in [5, 5.41) is 11.9. The second-order valence-corrected chi connectivity index (χ2v) is 25.3. The second-order valence-electron chi connectivity index (χ2n) is 22.2. The summed E-state index contributed by atoms with van der Waals surface area (Å²) < 4.78 is 25.1. The van der Waals surface area contributed by atoms with E-state index < -0.39 is 64.5 Å². The van der Waals surface area contributed by atoms with Crippen LogP contribution in [0, 0.1) is 6.92 Å². The van der Waals surface area contributed by atoms with Crippen LogP contribution in [0.1, 0.15) is 88.5 Å².